The van der Waals surface area contributed by atoms with Gasteiger partial charge in [-0.2, -0.15) is 0 Å². The number of aliphatic hydroxyl groups is 1. The highest BCUT2D eigenvalue weighted by atomic mass is 16.3. The lowest BCUT2D eigenvalue weighted by Gasteiger charge is -2.28. The zero-order valence-electron chi connectivity index (χ0n) is 23.1. The Hall–Kier alpha value is -4.66. The van der Waals surface area contributed by atoms with Gasteiger partial charge < -0.3 is 31.3 Å². The summed E-state index contributed by atoms with van der Waals surface area (Å²) in [5.41, 5.74) is 4.88. The van der Waals surface area contributed by atoms with Crippen LogP contribution in [0.2, 0.25) is 0 Å². The van der Waals surface area contributed by atoms with E-state index in [4.69, 9.17) is 0 Å². The molecule has 0 saturated carbocycles. The summed E-state index contributed by atoms with van der Waals surface area (Å²) in [4.78, 5) is 23.7. The molecule has 8 nitrogen and oxygen atoms in total. The molecule has 4 aromatic carbocycles. The number of phenols is 2. The molecule has 0 radical (unpaired) electrons. The topological polar surface area (TPSA) is 131 Å². The van der Waals surface area contributed by atoms with E-state index in [0.717, 1.165) is 22.3 Å². The summed E-state index contributed by atoms with van der Waals surface area (Å²) in [6.45, 7) is 4.66. The van der Waals surface area contributed by atoms with Gasteiger partial charge in [0.05, 0.1) is 11.8 Å². The lowest BCUT2D eigenvalue weighted by Crippen LogP contribution is -2.43. The lowest BCUT2D eigenvalue weighted by molar-refractivity contribution is -0.105. The van der Waals surface area contributed by atoms with E-state index in [1.807, 2.05) is 68.4 Å². The Labute approximate surface area is 239 Å². The molecule has 2 amide bonds. The Morgan fingerprint density at radius 2 is 1.61 bits per heavy atom. The number of anilines is 1. The van der Waals surface area contributed by atoms with Crippen LogP contribution < -0.4 is 16.0 Å². The van der Waals surface area contributed by atoms with Gasteiger partial charge in [0, 0.05) is 24.2 Å². The molecule has 4 aromatic rings. The van der Waals surface area contributed by atoms with Crippen LogP contribution >= 0.6 is 0 Å². The van der Waals surface area contributed by atoms with Crippen LogP contribution in [0.4, 0.5) is 5.69 Å². The van der Waals surface area contributed by atoms with Gasteiger partial charge in [-0.3, -0.25) is 9.59 Å². The first kappa shape index (κ1) is 29.3. The molecule has 0 fully saturated rings. The Balaban J connectivity index is 1.33. The van der Waals surface area contributed by atoms with Crippen molar-refractivity contribution in [1.82, 2.24) is 10.6 Å². The summed E-state index contributed by atoms with van der Waals surface area (Å²) in [6.07, 6.45) is 0.230. The molecule has 0 aromatic heterocycles. The number of nitrogens with one attached hydrogen (secondary N) is 3. The number of hydrogen-bond donors (Lipinski definition) is 6. The van der Waals surface area contributed by atoms with Crippen molar-refractivity contribution in [3.8, 4) is 22.6 Å². The Morgan fingerprint density at radius 3 is 2.37 bits per heavy atom. The summed E-state index contributed by atoms with van der Waals surface area (Å²) in [6, 6.07) is 27.0. The second-order valence-corrected chi connectivity index (χ2v) is 10.6. The van der Waals surface area contributed by atoms with Crippen LogP contribution in [0, 0.1) is 0 Å². The number of amides is 2. The average Bonchev–Trinajstić information content (AvgIpc) is 2.96. The quantitative estimate of drug-likeness (QED) is 0.109. The van der Waals surface area contributed by atoms with Gasteiger partial charge in [0.1, 0.15) is 11.5 Å². The van der Waals surface area contributed by atoms with Crippen molar-refractivity contribution in [3.05, 3.63) is 113 Å². The molecule has 0 heterocycles. The summed E-state index contributed by atoms with van der Waals surface area (Å²) in [5.74, 6) is -0.0310. The Morgan fingerprint density at radius 1 is 0.878 bits per heavy atom. The van der Waals surface area contributed by atoms with Crippen molar-refractivity contribution in [2.24, 2.45) is 0 Å². The molecule has 1 atom stereocenters. The number of benzene rings is 4. The number of carbonyl (C=O) groups excluding carboxylic acids is 2. The number of aromatic hydroxyl groups is 2. The molecule has 0 spiro atoms. The second-order valence-electron chi connectivity index (χ2n) is 10.6. The van der Waals surface area contributed by atoms with Crippen molar-refractivity contribution >= 4 is 18.0 Å². The first-order chi connectivity index (χ1) is 19.6. The molecule has 0 unspecified atom stereocenters. The number of phenolic OH excluding ortho intramolecular Hbond substituents is 2. The fourth-order valence-corrected chi connectivity index (χ4v) is 4.63. The van der Waals surface area contributed by atoms with Crippen LogP contribution in [-0.2, 0) is 17.8 Å². The minimum atomic E-state index is -0.855. The van der Waals surface area contributed by atoms with E-state index < -0.39 is 11.6 Å². The summed E-state index contributed by atoms with van der Waals surface area (Å²) in [7, 11) is 0. The molecular weight excluding hydrogens is 518 g/mol. The zero-order valence-corrected chi connectivity index (χ0v) is 23.1. The molecule has 0 aliphatic carbocycles. The van der Waals surface area contributed by atoms with Crippen molar-refractivity contribution < 1.29 is 24.9 Å². The van der Waals surface area contributed by atoms with Crippen molar-refractivity contribution in [2.75, 3.05) is 11.9 Å². The number of β-amino-alcohol motifs (C(OH)–C–C–N with tert-alkyl or cyclic N) is 1. The third kappa shape index (κ3) is 8.17. The zero-order chi connectivity index (χ0) is 29.4. The highest BCUT2D eigenvalue weighted by Crippen LogP contribution is 2.27. The van der Waals surface area contributed by atoms with Gasteiger partial charge >= 0.3 is 0 Å². The molecule has 41 heavy (non-hydrogen) atoms. The largest absolute Gasteiger partial charge is 0.508 e. The van der Waals surface area contributed by atoms with Crippen LogP contribution in [0.15, 0.2) is 91.0 Å². The SMILES string of the molecule is CC(C)(Cc1cccc(C(=O)NCc2cccc(-c3ccc(O)cc3)c2)c1)NC[C@@H](O)c1ccc(O)c(NC=O)c1. The van der Waals surface area contributed by atoms with Crippen molar-refractivity contribution in [2.45, 2.75) is 38.5 Å². The normalized spacial score (nSPS) is 12.0. The molecule has 0 bridgehead atoms. The van der Waals surface area contributed by atoms with Gasteiger partial charge in [0.15, 0.2) is 0 Å². The molecule has 0 saturated heterocycles. The first-order valence-electron chi connectivity index (χ1n) is 13.4. The molecular formula is C33H35N3O5. The summed E-state index contributed by atoms with van der Waals surface area (Å²) >= 11 is 0. The molecule has 8 heteroatoms. The van der Waals surface area contributed by atoms with E-state index in [1.54, 1.807) is 24.3 Å². The van der Waals surface area contributed by atoms with E-state index in [2.05, 4.69) is 16.0 Å². The fraction of sp³-hybridized carbons (Fsp3) is 0.212. The summed E-state index contributed by atoms with van der Waals surface area (Å²) in [5, 5.41) is 38.8. The summed E-state index contributed by atoms with van der Waals surface area (Å²) < 4.78 is 0. The van der Waals surface area contributed by atoms with Gasteiger partial charge in [-0.15, -0.1) is 0 Å². The third-order valence-electron chi connectivity index (χ3n) is 6.81. The average molecular weight is 554 g/mol. The minimum absolute atomic E-state index is 0.0761. The van der Waals surface area contributed by atoms with Crippen LogP contribution in [-0.4, -0.2) is 39.7 Å². The first-order valence-corrected chi connectivity index (χ1v) is 13.4. The Kier molecular flexibility index (Phi) is 9.39. The van der Waals surface area contributed by atoms with Gasteiger partial charge in [-0.05, 0) is 90.6 Å². The van der Waals surface area contributed by atoms with E-state index >= 15 is 0 Å². The highest BCUT2D eigenvalue weighted by Gasteiger charge is 2.21. The monoisotopic (exact) mass is 553 g/mol. The standard InChI is InChI=1S/C33H35N3O5/c1-33(2,36-20-31(40)26-11-14-30(39)29(17-26)35-21-37)18-22-5-3-8-27(15-22)32(41)34-19-23-6-4-7-25(16-23)24-9-12-28(38)13-10-24/h3-17,21,31,36,38-40H,18-20H2,1-2H3,(H,34,41)(H,35,37)/t31-/m1/s1. The molecule has 212 valence electrons. The van der Waals surface area contributed by atoms with Gasteiger partial charge in [0.25, 0.3) is 5.91 Å². The number of rotatable bonds is 12. The van der Waals surface area contributed by atoms with E-state index in [0.29, 0.717) is 30.5 Å². The van der Waals surface area contributed by atoms with Crippen molar-refractivity contribution in [1.29, 1.82) is 0 Å². The lowest BCUT2D eigenvalue weighted by atomic mass is 9.93. The van der Waals surface area contributed by atoms with Gasteiger partial charge in [-0.25, -0.2) is 0 Å². The smallest absolute Gasteiger partial charge is 0.251 e. The van der Waals surface area contributed by atoms with Crippen LogP contribution in [0.1, 0.15) is 47.0 Å². The van der Waals surface area contributed by atoms with Crippen LogP contribution in [0.3, 0.4) is 0 Å². The second kappa shape index (κ2) is 13.1. The maximum atomic E-state index is 13.0. The fourth-order valence-electron chi connectivity index (χ4n) is 4.63. The van der Waals surface area contributed by atoms with E-state index in [9.17, 15) is 24.9 Å². The van der Waals surface area contributed by atoms with E-state index in [-0.39, 0.29) is 29.6 Å². The molecule has 0 aliphatic rings. The molecule has 0 aliphatic heterocycles. The predicted octanol–water partition coefficient (Wildman–Crippen LogP) is 4.91. The molecule has 6 N–H and O–H groups in total. The van der Waals surface area contributed by atoms with Gasteiger partial charge in [-0.1, -0.05) is 48.5 Å². The number of carbonyl (C=O) groups is 2. The number of aliphatic hydroxyl groups excluding tert-OH is 1. The van der Waals surface area contributed by atoms with Crippen LogP contribution in [0.5, 0.6) is 11.5 Å². The highest BCUT2D eigenvalue weighted by molar-refractivity contribution is 5.94. The Bertz CT molecular complexity index is 1500. The van der Waals surface area contributed by atoms with Crippen LogP contribution in [0.25, 0.3) is 11.1 Å². The maximum Gasteiger partial charge on any atom is 0.251 e. The predicted molar refractivity (Wildman–Crippen MR) is 160 cm³/mol. The minimum Gasteiger partial charge on any atom is -0.508 e. The maximum absolute atomic E-state index is 13.0. The van der Waals surface area contributed by atoms with Gasteiger partial charge in [0.2, 0.25) is 6.41 Å². The third-order valence-corrected chi connectivity index (χ3v) is 6.81. The van der Waals surface area contributed by atoms with Crippen molar-refractivity contribution in [3.63, 3.8) is 0 Å². The van der Waals surface area contributed by atoms with E-state index in [1.165, 1.54) is 12.1 Å². The molecule has 4 rings (SSSR count). The number of hydrogen-bond acceptors (Lipinski definition) is 6.